The number of aromatic nitrogens is 1. The van der Waals surface area contributed by atoms with Crippen molar-refractivity contribution in [2.45, 2.75) is 26.3 Å². The molecule has 0 saturated heterocycles. The number of hydrogen-bond donors (Lipinski definition) is 3. The summed E-state index contributed by atoms with van der Waals surface area (Å²) in [5.74, 6) is -1.80. The maximum atomic E-state index is 11.9. The third-order valence-corrected chi connectivity index (χ3v) is 2.82. The van der Waals surface area contributed by atoms with Gasteiger partial charge in [-0.05, 0) is 18.1 Å². The number of nitrogens with one attached hydrogen (secondary N) is 1. The van der Waals surface area contributed by atoms with E-state index in [2.05, 4.69) is 10.3 Å². The lowest BCUT2D eigenvalue weighted by Gasteiger charge is -2.20. The molecular formula is C12H17N3O3. The van der Waals surface area contributed by atoms with Crippen molar-refractivity contribution >= 4 is 17.6 Å². The van der Waals surface area contributed by atoms with E-state index >= 15 is 0 Å². The summed E-state index contributed by atoms with van der Waals surface area (Å²) in [7, 11) is 0. The van der Waals surface area contributed by atoms with Gasteiger partial charge in [-0.2, -0.15) is 0 Å². The molecule has 0 spiro atoms. The Morgan fingerprint density at radius 1 is 1.56 bits per heavy atom. The second-order valence-corrected chi connectivity index (χ2v) is 4.12. The van der Waals surface area contributed by atoms with E-state index in [1.165, 1.54) is 6.20 Å². The van der Waals surface area contributed by atoms with Crippen molar-refractivity contribution < 1.29 is 14.7 Å². The highest BCUT2D eigenvalue weighted by Gasteiger charge is 2.26. The van der Waals surface area contributed by atoms with Crippen LogP contribution in [-0.2, 0) is 4.79 Å². The molecule has 6 heteroatoms. The Morgan fingerprint density at radius 2 is 2.22 bits per heavy atom. The standard InChI is InChI=1S/C12H17N3O3/c1-3-7(2)9(12(17)18)15-11(16)10-8(13)5-4-6-14-10/h4-7,9H,3,13H2,1-2H3,(H,15,16)(H,17,18)/t7-,9-/m0/s1. The molecule has 0 aliphatic rings. The van der Waals surface area contributed by atoms with Crippen LogP contribution in [0.4, 0.5) is 5.69 Å². The Balaban J connectivity index is 2.86. The number of anilines is 1. The number of nitrogens with zero attached hydrogens (tertiary/aromatic N) is 1. The second kappa shape index (κ2) is 6.00. The predicted octanol–water partition coefficient (Wildman–Crippen LogP) is 0.893. The summed E-state index contributed by atoms with van der Waals surface area (Å²) < 4.78 is 0. The first-order chi connectivity index (χ1) is 8.47. The van der Waals surface area contributed by atoms with E-state index in [0.717, 1.165) is 0 Å². The third kappa shape index (κ3) is 3.19. The van der Waals surface area contributed by atoms with Crippen LogP contribution in [0.15, 0.2) is 18.3 Å². The van der Waals surface area contributed by atoms with Crippen LogP contribution in [0, 0.1) is 5.92 Å². The number of rotatable bonds is 5. The topological polar surface area (TPSA) is 105 Å². The van der Waals surface area contributed by atoms with Crippen LogP contribution in [0.2, 0.25) is 0 Å². The van der Waals surface area contributed by atoms with Crippen LogP contribution in [0.5, 0.6) is 0 Å². The first-order valence-electron chi connectivity index (χ1n) is 5.71. The Labute approximate surface area is 105 Å². The first-order valence-corrected chi connectivity index (χ1v) is 5.71. The minimum Gasteiger partial charge on any atom is -0.480 e. The maximum Gasteiger partial charge on any atom is 0.326 e. The minimum atomic E-state index is -1.06. The quantitative estimate of drug-likeness (QED) is 0.720. The summed E-state index contributed by atoms with van der Waals surface area (Å²) in [5, 5.41) is 11.5. The molecule has 2 atom stereocenters. The minimum absolute atomic E-state index is 0.0482. The van der Waals surface area contributed by atoms with Crippen LogP contribution in [0.3, 0.4) is 0 Å². The number of nitrogens with two attached hydrogens (primary N) is 1. The predicted molar refractivity (Wildman–Crippen MR) is 67.0 cm³/mol. The van der Waals surface area contributed by atoms with Crippen LogP contribution < -0.4 is 11.1 Å². The summed E-state index contributed by atoms with van der Waals surface area (Å²) in [6, 6.07) is 2.21. The number of carbonyl (C=O) groups excluding carboxylic acids is 1. The van der Waals surface area contributed by atoms with E-state index in [4.69, 9.17) is 10.8 Å². The molecule has 0 bridgehead atoms. The number of aliphatic carboxylic acids is 1. The number of nitrogen functional groups attached to an aromatic ring is 1. The smallest absolute Gasteiger partial charge is 0.326 e. The van der Waals surface area contributed by atoms with E-state index in [1.54, 1.807) is 19.1 Å². The zero-order valence-electron chi connectivity index (χ0n) is 10.4. The van der Waals surface area contributed by atoms with Gasteiger partial charge in [0.25, 0.3) is 5.91 Å². The third-order valence-electron chi connectivity index (χ3n) is 2.82. The van der Waals surface area contributed by atoms with Crippen molar-refractivity contribution in [2.75, 3.05) is 5.73 Å². The molecular weight excluding hydrogens is 234 g/mol. The highest BCUT2D eigenvalue weighted by molar-refractivity contribution is 5.99. The van der Waals surface area contributed by atoms with Gasteiger partial charge in [0.2, 0.25) is 0 Å². The Bertz CT molecular complexity index is 448. The molecule has 1 heterocycles. The molecule has 18 heavy (non-hydrogen) atoms. The van der Waals surface area contributed by atoms with Gasteiger partial charge >= 0.3 is 5.97 Å². The number of carbonyl (C=O) groups is 2. The van der Waals surface area contributed by atoms with Crippen molar-refractivity contribution in [1.82, 2.24) is 10.3 Å². The molecule has 98 valence electrons. The number of carboxylic acids is 1. The largest absolute Gasteiger partial charge is 0.480 e. The molecule has 0 fully saturated rings. The molecule has 0 radical (unpaired) electrons. The van der Waals surface area contributed by atoms with Crippen molar-refractivity contribution in [3.05, 3.63) is 24.0 Å². The van der Waals surface area contributed by atoms with Crippen molar-refractivity contribution in [3.8, 4) is 0 Å². The van der Waals surface area contributed by atoms with Gasteiger partial charge in [-0.15, -0.1) is 0 Å². The second-order valence-electron chi connectivity index (χ2n) is 4.12. The molecule has 1 aromatic rings. The Hall–Kier alpha value is -2.11. The lowest BCUT2D eigenvalue weighted by molar-refractivity contribution is -0.140. The lowest BCUT2D eigenvalue weighted by atomic mass is 9.99. The van der Waals surface area contributed by atoms with Crippen LogP contribution in [0.1, 0.15) is 30.8 Å². The van der Waals surface area contributed by atoms with Crippen LogP contribution in [0.25, 0.3) is 0 Å². The molecule has 0 aliphatic heterocycles. The van der Waals surface area contributed by atoms with Crippen molar-refractivity contribution in [1.29, 1.82) is 0 Å². The molecule has 1 rings (SSSR count). The Morgan fingerprint density at radius 3 is 2.72 bits per heavy atom. The van der Waals surface area contributed by atoms with Gasteiger partial charge in [-0.1, -0.05) is 20.3 Å². The zero-order chi connectivity index (χ0) is 13.7. The fraction of sp³-hybridized carbons (Fsp3) is 0.417. The van der Waals surface area contributed by atoms with Crippen LogP contribution >= 0.6 is 0 Å². The summed E-state index contributed by atoms with van der Waals surface area (Å²) in [6.45, 7) is 3.63. The molecule has 1 aromatic heterocycles. The summed E-state index contributed by atoms with van der Waals surface area (Å²) in [5.41, 5.74) is 5.88. The summed E-state index contributed by atoms with van der Waals surface area (Å²) >= 11 is 0. The monoisotopic (exact) mass is 251 g/mol. The summed E-state index contributed by atoms with van der Waals surface area (Å²) in [6.07, 6.45) is 2.08. The molecule has 1 amide bonds. The molecule has 4 N–H and O–H groups in total. The van der Waals surface area contributed by atoms with E-state index in [0.29, 0.717) is 6.42 Å². The highest BCUT2D eigenvalue weighted by Crippen LogP contribution is 2.11. The molecule has 0 aliphatic carbocycles. The number of amides is 1. The average molecular weight is 251 g/mol. The van der Waals surface area contributed by atoms with Crippen molar-refractivity contribution in [2.24, 2.45) is 5.92 Å². The summed E-state index contributed by atoms with van der Waals surface area (Å²) in [4.78, 5) is 26.8. The van der Waals surface area contributed by atoms with E-state index in [-0.39, 0.29) is 17.3 Å². The number of carboxylic acid groups (broad SMARTS) is 1. The average Bonchev–Trinajstić information content (AvgIpc) is 2.35. The molecule has 0 saturated carbocycles. The maximum absolute atomic E-state index is 11.9. The van der Waals surface area contributed by atoms with Gasteiger partial charge < -0.3 is 16.2 Å². The van der Waals surface area contributed by atoms with Crippen LogP contribution in [-0.4, -0.2) is 28.0 Å². The van der Waals surface area contributed by atoms with Gasteiger partial charge in [0, 0.05) is 6.20 Å². The van der Waals surface area contributed by atoms with Gasteiger partial charge in [-0.3, -0.25) is 4.79 Å². The normalized spacial score (nSPS) is 13.7. The highest BCUT2D eigenvalue weighted by atomic mass is 16.4. The molecule has 6 nitrogen and oxygen atoms in total. The number of pyridine rings is 1. The SMILES string of the molecule is CC[C@H](C)[C@H](NC(=O)c1ncccc1N)C(=O)O. The van der Waals surface area contributed by atoms with E-state index < -0.39 is 17.9 Å². The zero-order valence-corrected chi connectivity index (χ0v) is 10.4. The molecule has 0 aromatic carbocycles. The first kappa shape index (κ1) is 14.0. The fourth-order valence-corrected chi connectivity index (χ4v) is 1.50. The Kier molecular flexibility index (Phi) is 4.65. The van der Waals surface area contributed by atoms with Gasteiger partial charge in [-0.25, -0.2) is 9.78 Å². The van der Waals surface area contributed by atoms with E-state index in [1.807, 2.05) is 6.92 Å². The fourth-order valence-electron chi connectivity index (χ4n) is 1.50. The van der Waals surface area contributed by atoms with Gasteiger partial charge in [0.1, 0.15) is 6.04 Å². The molecule has 0 unspecified atom stereocenters. The van der Waals surface area contributed by atoms with Gasteiger partial charge in [0.05, 0.1) is 5.69 Å². The van der Waals surface area contributed by atoms with E-state index in [9.17, 15) is 9.59 Å². The van der Waals surface area contributed by atoms with Crippen molar-refractivity contribution in [3.63, 3.8) is 0 Å². The number of hydrogen-bond acceptors (Lipinski definition) is 4. The van der Waals surface area contributed by atoms with Gasteiger partial charge in [0.15, 0.2) is 5.69 Å². The lowest BCUT2D eigenvalue weighted by Crippen LogP contribution is -2.45.